The lowest BCUT2D eigenvalue weighted by Crippen LogP contribution is -2.32. The van der Waals surface area contributed by atoms with Gasteiger partial charge in [-0.1, -0.05) is 6.07 Å². The molecule has 1 aliphatic carbocycles. The number of carbonyl (C=O) groups is 1. The minimum Gasteiger partial charge on any atom is -0.350 e. The molecule has 0 spiro atoms. The number of thiophene rings is 1. The first-order valence-electron chi connectivity index (χ1n) is 9.76. The number of hydrogen-bond acceptors (Lipinski definition) is 4. The molecule has 1 fully saturated rings. The van der Waals surface area contributed by atoms with E-state index in [1.807, 2.05) is 17.5 Å². The lowest BCUT2D eigenvalue weighted by Gasteiger charge is -2.14. The molecule has 0 radical (unpaired) electrons. The predicted octanol–water partition coefficient (Wildman–Crippen LogP) is 4.58. The van der Waals surface area contributed by atoms with Gasteiger partial charge in [-0.15, -0.1) is 16.4 Å². The van der Waals surface area contributed by atoms with Gasteiger partial charge in [-0.3, -0.25) is 9.36 Å². The van der Waals surface area contributed by atoms with E-state index in [0.29, 0.717) is 18.0 Å². The Morgan fingerprint density at radius 2 is 1.73 bits per heavy atom. The van der Waals surface area contributed by atoms with Crippen LogP contribution in [0.1, 0.15) is 40.4 Å². The molecule has 0 aliphatic heterocycles. The van der Waals surface area contributed by atoms with Gasteiger partial charge in [-0.25, -0.2) is 9.48 Å². The first-order chi connectivity index (χ1) is 15.4. The summed E-state index contributed by atoms with van der Waals surface area (Å²) in [6.07, 6.45) is -8.45. The highest BCUT2D eigenvalue weighted by molar-refractivity contribution is 7.13. The van der Waals surface area contributed by atoms with Gasteiger partial charge in [0.25, 0.3) is 5.91 Å². The van der Waals surface area contributed by atoms with Gasteiger partial charge in [0, 0.05) is 18.2 Å². The number of rotatable bonds is 6. The van der Waals surface area contributed by atoms with Crippen molar-refractivity contribution in [3.63, 3.8) is 0 Å². The summed E-state index contributed by atoms with van der Waals surface area (Å²) in [6, 6.07) is 4.31. The highest BCUT2D eigenvalue weighted by atomic mass is 32.1. The number of nitrogens with one attached hydrogen (secondary N) is 1. The third-order valence-corrected chi connectivity index (χ3v) is 5.85. The topological polar surface area (TPSA) is 68.9 Å². The van der Waals surface area contributed by atoms with E-state index in [1.165, 1.54) is 11.3 Å². The number of carbonyl (C=O) groups excluding carboxylic acids is 1. The molecule has 1 amide bonds. The van der Waals surface area contributed by atoms with E-state index in [2.05, 4.69) is 10.4 Å². The second kappa shape index (κ2) is 8.36. The quantitative estimate of drug-likeness (QED) is 0.515. The van der Waals surface area contributed by atoms with E-state index >= 15 is 0 Å². The number of halogens is 6. The van der Waals surface area contributed by atoms with Crippen LogP contribution in [-0.2, 0) is 18.9 Å². The summed E-state index contributed by atoms with van der Waals surface area (Å²) in [6.45, 7) is -0.324. The number of hydrogen-bond donors (Lipinski definition) is 1. The SMILES string of the molecule is O=C(NCCn1nc(-c2cccs2)n(C2CC2)c1=O)c1cc(C(F)(F)F)cc(C(F)(F)F)c1. The zero-order valence-corrected chi connectivity index (χ0v) is 17.5. The van der Waals surface area contributed by atoms with Gasteiger partial charge in [0.2, 0.25) is 0 Å². The third-order valence-electron chi connectivity index (χ3n) is 4.98. The fraction of sp³-hybridized carbons (Fsp3) is 0.350. The molecular weight excluding hydrogens is 474 g/mol. The maximum Gasteiger partial charge on any atom is 0.416 e. The number of amides is 1. The normalized spacial score (nSPS) is 14.5. The highest BCUT2D eigenvalue weighted by Gasteiger charge is 2.37. The van der Waals surface area contributed by atoms with Crippen molar-refractivity contribution >= 4 is 17.2 Å². The van der Waals surface area contributed by atoms with Crippen molar-refractivity contribution in [2.45, 2.75) is 37.8 Å². The molecule has 1 aliphatic rings. The van der Waals surface area contributed by atoms with Crippen molar-refractivity contribution in [3.05, 3.63) is 62.9 Å². The Labute approximate surface area is 186 Å². The van der Waals surface area contributed by atoms with Gasteiger partial charge >= 0.3 is 18.0 Å². The molecule has 0 saturated heterocycles. The standard InChI is InChI=1S/C20H16F6N4O2S/c21-19(22,23)12-8-11(9-13(10-12)20(24,25)26)17(31)27-5-6-29-18(32)30(14-3-4-14)16(28-29)15-2-1-7-33-15/h1-2,7-10,14H,3-6H2,(H,27,31). The van der Waals surface area contributed by atoms with Crippen LogP contribution in [0.4, 0.5) is 26.3 Å². The van der Waals surface area contributed by atoms with Crippen molar-refractivity contribution in [1.29, 1.82) is 0 Å². The number of nitrogens with zero attached hydrogens (tertiary/aromatic N) is 3. The van der Waals surface area contributed by atoms with Crippen LogP contribution in [0.15, 0.2) is 40.5 Å². The third kappa shape index (κ3) is 4.97. The molecule has 0 unspecified atom stereocenters. The molecule has 2 heterocycles. The lowest BCUT2D eigenvalue weighted by atomic mass is 10.0. The van der Waals surface area contributed by atoms with Crippen LogP contribution >= 0.6 is 11.3 Å². The molecule has 0 bridgehead atoms. The van der Waals surface area contributed by atoms with Crippen LogP contribution in [-0.4, -0.2) is 26.8 Å². The molecule has 1 N–H and O–H groups in total. The monoisotopic (exact) mass is 490 g/mol. The Balaban J connectivity index is 1.51. The van der Waals surface area contributed by atoms with Gasteiger partial charge in [0.05, 0.1) is 22.5 Å². The summed E-state index contributed by atoms with van der Waals surface area (Å²) < 4.78 is 80.7. The second-order valence-electron chi connectivity index (χ2n) is 7.46. The van der Waals surface area contributed by atoms with Crippen LogP contribution < -0.4 is 11.0 Å². The molecular formula is C20H16F6N4O2S. The molecule has 3 aromatic rings. The average Bonchev–Trinajstić information content (AvgIpc) is 3.30. The summed E-state index contributed by atoms with van der Waals surface area (Å²) >= 11 is 1.40. The van der Waals surface area contributed by atoms with Crippen LogP contribution in [0.5, 0.6) is 0 Å². The van der Waals surface area contributed by atoms with Crippen molar-refractivity contribution in [2.24, 2.45) is 0 Å². The molecule has 176 valence electrons. The van der Waals surface area contributed by atoms with E-state index in [1.54, 1.807) is 4.57 Å². The molecule has 13 heteroatoms. The molecule has 1 saturated carbocycles. The van der Waals surface area contributed by atoms with Crippen molar-refractivity contribution < 1.29 is 31.1 Å². The lowest BCUT2D eigenvalue weighted by molar-refractivity contribution is -0.143. The summed E-state index contributed by atoms with van der Waals surface area (Å²) in [5, 5.41) is 8.40. The first kappa shape index (κ1) is 23.1. The Bertz CT molecular complexity index is 1190. The van der Waals surface area contributed by atoms with E-state index in [4.69, 9.17) is 0 Å². The minimum absolute atomic E-state index is 0.0313. The minimum atomic E-state index is -5.06. The fourth-order valence-corrected chi connectivity index (χ4v) is 3.97. The van der Waals surface area contributed by atoms with Gasteiger partial charge in [0.1, 0.15) is 0 Å². The summed E-state index contributed by atoms with van der Waals surface area (Å²) in [5.41, 5.74) is -4.34. The zero-order chi connectivity index (χ0) is 24.0. The van der Waals surface area contributed by atoms with E-state index < -0.39 is 40.6 Å². The molecule has 33 heavy (non-hydrogen) atoms. The van der Waals surface area contributed by atoms with Gasteiger partial charge in [-0.05, 0) is 42.5 Å². The van der Waals surface area contributed by atoms with Crippen molar-refractivity contribution in [3.8, 4) is 10.7 Å². The van der Waals surface area contributed by atoms with Crippen molar-refractivity contribution in [1.82, 2.24) is 19.7 Å². The van der Waals surface area contributed by atoms with E-state index in [0.717, 1.165) is 22.4 Å². The Morgan fingerprint density at radius 1 is 1.09 bits per heavy atom. The predicted molar refractivity (Wildman–Crippen MR) is 107 cm³/mol. The van der Waals surface area contributed by atoms with Gasteiger partial charge in [-0.2, -0.15) is 26.3 Å². The molecule has 1 aromatic carbocycles. The number of benzene rings is 1. The van der Waals surface area contributed by atoms with Crippen LogP contribution in [0.25, 0.3) is 10.7 Å². The highest BCUT2D eigenvalue weighted by Crippen LogP contribution is 2.38. The fourth-order valence-electron chi connectivity index (χ4n) is 3.26. The second-order valence-corrected chi connectivity index (χ2v) is 8.41. The first-order valence-corrected chi connectivity index (χ1v) is 10.6. The van der Waals surface area contributed by atoms with Crippen LogP contribution in [0.2, 0.25) is 0 Å². The van der Waals surface area contributed by atoms with E-state index in [-0.39, 0.29) is 25.2 Å². The van der Waals surface area contributed by atoms with Gasteiger partial charge in [0.15, 0.2) is 5.82 Å². The number of aromatic nitrogens is 3. The smallest absolute Gasteiger partial charge is 0.350 e. The zero-order valence-electron chi connectivity index (χ0n) is 16.7. The van der Waals surface area contributed by atoms with Crippen LogP contribution in [0, 0.1) is 0 Å². The van der Waals surface area contributed by atoms with Crippen molar-refractivity contribution in [2.75, 3.05) is 6.54 Å². The maximum atomic E-state index is 13.0. The average molecular weight is 490 g/mol. The summed E-state index contributed by atoms with van der Waals surface area (Å²) in [5.74, 6) is -0.642. The summed E-state index contributed by atoms with van der Waals surface area (Å²) in [4.78, 5) is 25.8. The molecule has 2 aromatic heterocycles. The Kier molecular flexibility index (Phi) is 5.85. The summed E-state index contributed by atoms with van der Waals surface area (Å²) in [7, 11) is 0. The Hall–Kier alpha value is -3.09. The number of alkyl halides is 6. The largest absolute Gasteiger partial charge is 0.416 e. The molecule has 6 nitrogen and oxygen atoms in total. The molecule has 0 atom stereocenters. The Morgan fingerprint density at radius 3 is 2.24 bits per heavy atom. The maximum absolute atomic E-state index is 13.0. The van der Waals surface area contributed by atoms with Crippen LogP contribution in [0.3, 0.4) is 0 Å². The molecule has 4 rings (SSSR count). The van der Waals surface area contributed by atoms with Gasteiger partial charge < -0.3 is 5.32 Å². The van der Waals surface area contributed by atoms with E-state index in [9.17, 15) is 35.9 Å².